The Labute approximate surface area is 131 Å². The Morgan fingerprint density at radius 1 is 0.565 bits per heavy atom. The zero-order valence-electron chi connectivity index (χ0n) is 12.2. The van der Waals surface area contributed by atoms with Crippen LogP contribution >= 0.6 is 0 Å². The van der Waals surface area contributed by atoms with E-state index in [2.05, 4.69) is 12.1 Å². The van der Waals surface area contributed by atoms with E-state index in [1.54, 1.807) is 0 Å². The van der Waals surface area contributed by atoms with Gasteiger partial charge in [-0.3, -0.25) is 4.79 Å². The van der Waals surface area contributed by atoms with E-state index in [1.165, 1.54) is 0 Å². The van der Waals surface area contributed by atoms with E-state index in [0.29, 0.717) is 21.9 Å². The summed E-state index contributed by atoms with van der Waals surface area (Å²) < 4.78 is 6.15. The second-order valence-corrected chi connectivity index (χ2v) is 5.72. The van der Waals surface area contributed by atoms with Crippen molar-refractivity contribution >= 4 is 43.5 Å². The Balaban J connectivity index is 2.25. The van der Waals surface area contributed by atoms with Gasteiger partial charge in [0, 0.05) is 5.39 Å². The van der Waals surface area contributed by atoms with Crippen LogP contribution in [0, 0.1) is 0 Å². The molecular weight excluding hydrogens is 284 g/mol. The molecule has 2 nitrogen and oxygen atoms in total. The molecule has 0 atom stereocenters. The van der Waals surface area contributed by atoms with E-state index in [1.807, 2.05) is 60.7 Å². The first-order valence-electron chi connectivity index (χ1n) is 7.59. The Morgan fingerprint density at radius 3 is 1.83 bits per heavy atom. The van der Waals surface area contributed by atoms with Crippen LogP contribution in [0.5, 0.6) is 0 Å². The number of para-hydroxylation sites is 1. The van der Waals surface area contributed by atoms with Crippen LogP contribution in [0.4, 0.5) is 0 Å². The number of hydrogen-bond donors (Lipinski definition) is 0. The van der Waals surface area contributed by atoms with Crippen molar-refractivity contribution in [3.8, 4) is 0 Å². The monoisotopic (exact) mass is 296 g/mol. The van der Waals surface area contributed by atoms with Crippen LogP contribution in [0.25, 0.3) is 43.5 Å². The molecule has 108 valence electrons. The fraction of sp³-hybridized carbons (Fsp3) is 0. The molecule has 0 fully saturated rings. The topological polar surface area (TPSA) is 30.2 Å². The SMILES string of the molecule is O=c1c2ccccc2oc2c3ccccc3c3ccccc3c12. The molecule has 5 aromatic rings. The maximum absolute atomic E-state index is 13.1. The lowest BCUT2D eigenvalue weighted by atomic mass is 9.97. The lowest BCUT2D eigenvalue weighted by Gasteiger charge is -2.09. The molecule has 23 heavy (non-hydrogen) atoms. The smallest absolute Gasteiger partial charge is 0.201 e. The summed E-state index contributed by atoms with van der Waals surface area (Å²) >= 11 is 0. The van der Waals surface area contributed by atoms with Gasteiger partial charge in [-0.2, -0.15) is 0 Å². The van der Waals surface area contributed by atoms with E-state index in [0.717, 1.165) is 21.5 Å². The molecule has 5 rings (SSSR count). The minimum absolute atomic E-state index is 0.0313. The highest BCUT2D eigenvalue weighted by Gasteiger charge is 2.14. The summed E-state index contributed by atoms with van der Waals surface area (Å²) in [6.07, 6.45) is 0. The van der Waals surface area contributed by atoms with Gasteiger partial charge in [0.1, 0.15) is 11.2 Å². The molecule has 0 aliphatic carbocycles. The predicted octanol–water partition coefficient (Wildman–Crippen LogP) is 5.25. The molecule has 0 unspecified atom stereocenters. The van der Waals surface area contributed by atoms with Gasteiger partial charge in [-0.25, -0.2) is 0 Å². The maximum atomic E-state index is 13.1. The third-order valence-electron chi connectivity index (χ3n) is 4.46. The number of rotatable bonds is 0. The van der Waals surface area contributed by atoms with Gasteiger partial charge < -0.3 is 4.42 Å². The Bertz CT molecular complexity index is 1280. The fourth-order valence-corrected chi connectivity index (χ4v) is 3.43. The standard InChI is InChI=1S/C21H12O2/c22-20-17-11-5-6-12-18(17)23-21-16-10-4-2-8-14(16)13-7-1-3-9-15(13)19(20)21/h1-12H. The summed E-state index contributed by atoms with van der Waals surface area (Å²) in [7, 11) is 0. The fourth-order valence-electron chi connectivity index (χ4n) is 3.43. The van der Waals surface area contributed by atoms with Crippen LogP contribution in [0.3, 0.4) is 0 Å². The van der Waals surface area contributed by atoms with Gasteiger partial charge in [0.05, 0.1) is 10.8 Å². The third-order valence-corrected chi connectivity index (χ3v) is 4.46. The summed E-state index contributed by atoms with van der Waals surface area (Å²) in [6.45, 7) is 0. The van der Waals surface area contributed by atoms with Crippen molar-refractivity contribution in [3.63, 3.8) is 0 Å². The molecule has 0 amide bonds. The zero-order valence-corrected chi connectivity index (χ0v) is 12.2. The molecule has 0 spiro atoms. The molecule has 0 bridgehead atoms. The second-order valence-electron chi connectivity index (χ2n) is 5.72. The van der Waals surface area contributed by atoms with Crippen molar-refractivity contribution in [2.24, 2.45) is 0 Å². The predicted molar refractivity (Wildman–Crippen MR) is 95.0 cm³/mol. The van der Waals surface area contributed by atoms with Crippen LogP contribution in [0.2, 0.25) is 0 Å². The van der Waals surface area contributed by atoms with Gasteiger partial charge in [-0.05, 0) is 28.3 Å². The van der Waals surface area contributed by atoms with Gasteiger partial charge in [0.2, 0.25) is 5.43 Å². The first-order chi connectivity index (χ1) is 11.3. The zero-order chi connectivity index (χ0) is 15.4. The molecular formula is C21H12O2. The van der Waals surface area contributed by atoms with Crippen molar-refractivity contribution in [1.29, 1.82) is 0 Å². The summed E-state index contributed by atoms with van der Waals surface area (Å²) in [5.41, 5.74) is 1.33. The van der Waals surface area contributed by atoms with E-state index >= 15 is 0 Å². The molecule has 2 heteroatoms. The molecule has 0 aliphatic rings. The minimum atomic E-state index is 0.0313. The average molecular weight is 296 g/mol. The minimum Gasteiger partial charge on any atom is -0.455 e. The van der Waals surface area contributed by atoms with Gasteiger partial charge in [0.15, 0.2) is 0 Å². The molecule has 0 saturated heterocycles. The largest absolute Gasteiger partial charge is 0.455 e. The van der Waals surface area contributed by atoms with Crippen LogP contribution < -0.4 is 5.43 Å². The van der Waals surface area contributed by atoms with Gasteiger partial charge in [-0.1, -0.05) is 60.7 Å². The number of fused-ring (bicyclic) bond motifs is 7. The van der Waals surface area contributed by atoms with E-state index in [4.69, 9.17) is 4.42 Å². The number of hydrogen-bond acceptors (Lipinski definition) is 2. The highest BCUT2D eigenvalue weighted by atomic mass is 16.3. The van der Waals surface area contributed by atoms with Crippen molar-refractivity contribution in [2.45, 2.75) is 0 Å². The lowest BCUT2D eigenvalue weighted by Crippen LogP contribution is -2.03. The van der Waals surface area contributed by atoms with Gasteiger partial charge in [0.25, 0.3) is 0 Å². The summed E-state index contributed by atoms with van der Waals surface area (Å²) in [4.78, 5) is 13.1. The van der Waals surface area contributed by atoms with Crippen molar-refractivity contribution in [1.82, 2.24) is 0 Å². The van der Waals surface area contributed by atoms with Gasteiger partial charge >= 0.3 is 0 Å². The molecule has 0 saturated carbocycles. The van der Waals surface area contributed by atoms with E-state index in [9.17, 15) is 4.79 Å². The van der Waals surface area contributed by atoms with E-state index in [-0.39, 0.29) is 5.43 Å². The summed E-state index contributed by atoms with van der Waals surface area (Å²) in [5, 5.41) is 5.40. The van der Waals surface area contributed by atoms with Crippen molar-refractivity contribution < 1.29 is 4.42 Å². The molecule has 1 aromatic heterocycles. The highest BCUT2D eigenvalue weighted by Crippen LogP contribution is 2.34. The second kappa shape index (κ2) is 4.43. The van der Waals surface area contributed by atoms with Crippen molar-refractivity contribution in [2.75, 3.05) is 0 Å². The van der Waals surface area contributed by atoms with Crippen molar-refractivity contribution in [3.05, 3.63) is 83.0 Å². The number of benzene rings is 4. The molecule has 0 aliphatic heterocycles. The van der Waals surface area contributed by atoms with E-state index < -0.39 is 0 Å². The van der Waals surface area contributed by atoms with Gasteiger partial charge in [-0.15, -0.1) is 0 Å². The Hall–Kier alpha value is -3.13. The average Bonchev–Trinajstić information content (AvgIpc) is 2.62. The highest BCUT2D eigenvalue weighted by molar-refractivity contribution is 6.24. The summed E-state index contributed by atoms with van der Waals surface area (Å²) in [6, 6.07) is 23.5. The first kappa shape index (κ1) is 12.4. The maximum Gasteiger partial charge on any atom is 0.201 e. The molecule has 0 N–H and O–H groups in total. The molecule has 0 radical (unpaired) electrons. The Kier molecular flexibility index (Phi) is 2.39. The van der Waals surface area contributed by atoms with Crippen LogP contribution in [0.15, 0.2) is 82.0 Å². The van der Waals surface area contributed by atoms with Crippen LogP contribution in [-0.2, 0) is 0 Å². The molecule has 4 aromatic carbocycles. The van der Waals surface area contributed by atoms with Crippen LogP contribution in [0.1, 0.15) is 0 Å². The van der Waals surface area contributed by atoms with Crippen LogP contribution in [-0.4, -0.2) is 0 Å². The normalized spacial score (nSPS) is 11.7. The lowest BCUT2D eigenvalue weighted by molar-refractivity contribution is 0.664. The quantitative estimate of drug-likeness (QED) is 0.288. The molecule has 1 heterocycles. The summed E-state index contributed by atoms with van der Waals surface area (Å²) in [5.74, 6) is 0. The third kappa shape index (κ3) is 1.60. The first-order valence-corrected chi connectivity index (χ1v) is 7.59. The Morgan fingerprint density at radius 2 is 1.09 bits per heavy atom.